The van der Waals surface area contributed by atoms with Crippen molar-refractivity contribution in [1.29, 1.82) is 0 Å². The van der Waals surface area contributed by atoms with Gasteiger partial charge >= 0.3 is 6.09 Å². The fraction of sp³-hybridized carbons (Fsp3) is 0.652. The zero-order valence-corrected chi connectivity index (χ0v) is 18.4. The van der Waals surface area contributed by atoms with Crippen LogP contribution in [0.4, 0.5) is 4.79 Å². The van der Waals surface area contributed by atoms with Crippen LogP contribution in [0.2, 0.25) is 0 Å². The van der Waals surface area contributed by atoms with Crippen LogP contribution in [0.5, 0.6) is 11.5 Å². The standard InChI is InChI=1S/C23H34N2O5/c1-14(2)18-7-5-15(3)9-20(18)30-23(28)25-12-17(13-25)22(27)24-11-16-6-8-19(26)21(10-16)29-4/h6,8,10,14-15,17-18,20,26H,5,7,9,11-13H2,1-4H3,(H,24,27)/t15-,18+,20+/m1/s1. The molecule has 166 valence electrons. The third kappa shape index (κ3) is 5.18. The highest BCUT2D eigenvalue weighted by Gasteiger charge is 2.39. The van der Waals surface area contributed by atoms with E-state index >= 15 is 0 Å². The molecule has 1 saturated carbocycles. The minimum Gasteiger partial charge on any atom is -0.504 e. The maximum absolute atomic E-state index is 12.6. The van der Waals surface area contributed by atoms with E-state index in [0.29, 0.717) is 43.1 Å². The number of methoxy groups -OCH3 is 1. The van der Waals surface area contributed by atoms with E-state index in [9.17, 15) is 14.7 Å². The number of aromatic hydroxyl groups is 1. The fourth-order valence-corrected chi connectivity index (χ4v) is 4.41. The third-order valence-corrected chi connectivity index (χ3v) is 6.43. The van der Waals surface area contributed by atoms with Gasteiger partial charge in [-0.2, -0.15) is 0 Å². The largest absolute Gasteiger partial charge is 0.504 e. The van der Waals surface area contributed by atoms with E-state index in [1.807, 2.05) is 0 Å². The van der Waals surface area contributed by atoms with Crippen molar-refractivity contribution < 1.29 is 24.2 Å². The highest BCUT2D eigenvalue weighted by molar-refractivity contribution is 5.82. The normalized spacial score (nSPS) is 24.3. The van der Waals surface area contributed by atoms with Crippen LogP contribution in [-0.4, -0.2) is 48.3 Å². The number of amides is 2. The molecular weight excluding hydrogens is 384 g/mol. The molecular formula is C23H34N2O5. The Balaban J connectivity index is 1.44. The van der Waals surface area contributed by atoms with Crippen LogP contribution in [0, 0.1) is 23.7 Å². The molecule has 1 aliphatic heterocycles. The van der Waals surface area contributed by atoms with E-state index < -0.39 is 0 Å². The molecule has 1 saturated heterocycles. The van der Waals surface area contributed by atoms with Crippen LogP contribution in [0.15, 0.2) is 18.2 Å². The number of hydrogen-bond acceptors (Lipinski definition) is 5. The summed E-state index contributed by atoms with van der Waals surface area (Å²) < 4.78 is 10.9. The Morgan fingerprint density at radius 1 is 1.27 bits per heavy atom. The van der Waals surface area contributed by atoms with E-state index in [4.69, 9.17) is 9.47 Å². The Morgan fingerprint density at radius 3 is 2.67 bits per heavy atom. The maximum Gasteiger partial charge on any atom is 0.410 e. The molecule has 0 unspecified atom stereocenters. The molecule has 3 atom stereocenters. The van der Waals surface area contributed by atoms with Gasteiger partial charge in [-0.1, -0.05) is 33.3 Å². The summed E-state index contributed by atoms with van der Waals surface area (Å²) in [7, 11) is 1.48. The second-order valence-electron chi connectivity index (χ2n) is 9.07. The zero-order valence-electron chi connectivity index (χ0n) is 18.4. The lowest BCUT2D eigenvalue weighted by Gasteiger charge is -2.41. The summed E-state index contributed by atoms with van der Waals surface area (Å²) in [5, 5.41) is 12.5. The van der Waals surface area contributed by atoms with Crippen LogP contribution >= 0.6 is 0 Å². The first-order valence-corrected chi connectivity index (χ1v) is 10.9. The summed E-state index contributed by atoms with van der Waals surface area (Å²) in [6.07, 6.45) is 2.88. The molecule has 2 N–H and O–H groups in total. The van der Waals surface area contributed by atoms with Gasteiger partial charge in [-0.3, -0.25) is 4.79 Å². The zero-order chi connectivity index (χ0) is 21.8. The van der Waals surface area contributed by atoms with Crippen molar-refractivity contribution in [2.75, 3.05) is 20.2 Å². The molecule has 2 aliphatic rings. The summed E-state index contributed by atoms with van der Waals surface area (Å²) >= 11 is 0. The number of hydrogen-bond donors (Lipinski definition) is 2. The van der Waals surface area contributed by atoms with Crippen molar-refractivity contribution in [2.45, 2.75) is 52.7 Å². The van der Waals surface area contributed by atoms with Crippen molar-refractivity contribution in [3.63, 3.8) is 0 Å². The number of benzene rings is 1. The highest BCUT2D eigenvalue weighted by Crippen LogP contribution is 2.36. The number of phenolic OH excluding ortho intramolecular Hbond substituents is 1. The summed E-state index contributed by atoms with van der Waals surface area (Å²) in [5.41, 5.74) is 0.833. The number of nitrogens with one attached hydrogen (secondary N) is 1. The van der Waals surface area contributed by atoms with Crippen LogP contribution in [0.3, 0.4) is 0 Å². The second-order valence-corrected chi connectivity index (χ2v) is 9.07. The molecule has 7 heteroatoms. The van der Waals surface area contributed by atoms with Crippen LogP contribution < -0.4 is 10.1 Å². The average Bonchev–Trinajstić information content (AvgIpc) is 2.66. The Hall–Kier alpha value is -2.44. The number of carbonyl (C=O) groups is 2. The van der Waals surface area contributed by atoms with Gasteiger partial charge in [0.05, 0.1) is 13.0 Å². The van der Waals surface area contributed by atoms with Crippen LogP contribution in [-0.2, 0) is 16.1 Å². The molecule has 1 aromatic rings. The van der Waals surface area contributed by atoms with Gasteiger partial charge in [0, 0.05) is 19.6 Å². The molecule has 3 rings (SSSR count). The predicted octanol–water partition coefficient (Wildman–Crippen LogP) is 3.55. The lowest BCUT2D eigenvalue weighted by atomic mass is 9.75. The number of phenols is 1. The molecule has 1 aliphatic carbocycles. The van der Waals surface area contributed by atoms with Gasteiger partial charge in [-0.05, 0) is 48.3 Å². The third-order valence-electron chi connectivity index (χ3n) is 6.43. The monoisotopic (exact) mass is 418 g/mol. The topological polar surface area (TPSA) is 88.1 Å². The van der Waals surface area contributed by atoms with Crippen molar-refractivity contribution in [1.82, 2.24) is 10.2 Å². The average molecular weight is 419 g/mol. The number of rotatable bonds is 6. The first-order chi connectivity index (χ1) is 14.3. The minimum atomic E-state index is -0.299. The van der Waals surface area contributed by atoms with Gasteiger partial charge < -0.3 is 24.8 Å². The molecule has 2 amide bonds. The van der Waals surface area contributed by atoms with Crippen molar-refractivity contribution in [2.24, 2.45) is 23.7 Å². The molecule has 30 heavy (non-hydrogen) atoms. The predicted molar refractivity (Wildman–Crippen MR) is 113 cm³/mol. The number of ether oxygens (including phenoxy) is 2. The minimum absolute atomic E-state index is 0.0291. The molecule has 2 fully saturated rings. The van der Waals surface area contributed by atoms with Gasteiger partial charge in [0.2, 0.25) is 5.91 Å². The molecule has 1 aromatic carbocycles. The molecule has 0 bridgehead atoms. The van der Waals surface area contributed by atoms with Gasteiger partial charge in [0.1, 0.15) is 6.10 Å². The number of carbonyl (C=O) groups excluding carboxylic acids is 2. The molecule has 0 aromatic heterocycles. The fourth-order valence-electron chi connectivity index (χ4n) is 4.41. The highest BCUT2D eigenvalue weighted by atomic mass is 16.6. The summed E-state index contributed by atoms with van der Waals surface area (Å²) in [6, 6.07) is 4.97. The Labute approximate surface area is 178 Å². The molecule has 0 radical (unpaired) electrons. The van der Waals surface area contributed by atoms with E-state index in [-0.39, 0.29) is 29.8 Å². The van der Waals surface area contributed by atoms with Crippen molar-refractivity contribution in [3.05, 3.63) is 23.8 Å². The maximum atomic E-state index is 12.6. The number of likely N-dealkylation sites (tertiary alicyclic amines) is 1. The lowest BCUT2D eigenvalue weighted by molar-refractivity contribution is -0.130. The molecule has 7 nitrogen and oxygen atoms in total. The summed E-state index contributed by atoms with van der Waals surface area (Å²) in [4.78, 5) is 26.6. The van der Waals surface area contributed by atoms with E-state index in [1.54, 1.807) is 17.0 Å². The summed E-state index contributed by atoms with van der Waals surface area (Å²) in [6.45, 7) is 7.71. The van der Waals surface area contributed by atoms with Crippen molar-refractivity contribution >= 4 is 12.0 Å². The Bertz CT molecular complexity index is 760. The first-order valence-electron chi connectivity index (χ1n) is 10.9. The molecule has 1 heterocycles. The first kappa shape index (κ1) is 22.2. The Kier molecular flexibility index (Phi) is 7.10. The van der Waals surface area contributed by atoms with E-state index in [1.165, 1.54) is 19.6 Å². The van der Waals surface area contributed by atoms with E-state index in [2.05, 4.69) is 26.1 Å². The Morgan fingerprint density at radius 2 is 2.00 bits per heavy atom. The lowest BCUT2D eigenvalue weighted by Crippen LogP contribution is -2.56. The van der Waals surface area contributed by atoms with Gasteiger partial charge in [0.15, 0.2) is 11.5 Å². The van der Waals surface area contributed by atoms with Crippen molar-refractivity contribution in [3.8, 4) is 11.5 Å². The SMILES string of the molecule is COc1cc(CNC(=O)C2CN(C(=O)O[C@H]3C[C@H](C)CC[C@H]3C(C)C)C2)ccc1O. The second kappa shape index (κ2) is 9.58. The van der Waals surface area contributed by atoms with Gasteiger partial charge in [0.25, 0.3) is 0 Å². The number of nitrogens with zero attached hydrogens (tertiary/aromatic N) is 1. The quantitative estimate of drug-likeness (QED) is 0.738. The van der Waals surface area contributed by atoms with Gasteiger partial charge in [-0.15, -0.1) is 0 Å². The smallest absolute Gasteiger partial charge is 0.410 e. The van der Waals surface area contributed by atoms with Crippen LogP contribution in [0.25, 0.3) is 0 Å². The van der Waals surface area contributed by atoms with E-state index in [0.717, 1.165) is 18.4 Å². The van der Waals surface area contributed by atoms with Crippen LogP contribution in [0.1, 0.15) is 45.6 Å². The molecule has 0 spiro atoms. The summed E-state index contributed by atoms with van der Waals surface area (Å²) in [5.74, 6) is 1.60. The van der Waals surface area contributed by atoms with Gasteiger partial charge in [-0.25, -0.2) is 4.79 Å².